The van der Waals surface area contributed by atoms with Crippen LogP contribution in [0.3, 0.4) is 0 Å². The summed E-state index contributed by atoms with van der Waals surface area (Å²) in [6.45, 7) is 9.62. The Morgan fingerprint density at radius 2 is 2.08 bits per heavy atom. The molecule has 2 rings (SSSR count). The first-order chi connectivity index (χ1) is 11.7. The smallest absolute Gasteiger partial charge is 0.251 e. The highest BCUT2D eigenvalue weighted by molar-refractivity contribution is 5.94. The van der Waals surface area contributed by atoms with Crippen LogP contribution in [0.15, 0.2) is 24.3 Å². The van der Waals surface area contributed by atoms with E-state index in [1.165, 1.54) is 24.8 Å². The number of morpholine rings is 1. The minimum absolute atomic E-state index is 0.0498. The van der Waals surface area contributed by atoms with Gasteiger partial charge < -0.3 is 10.1 Å². The molecule has 24 heavy (non-hydrogen) atoms. The topological polar surface area (TPSA) is 41.6 Å². The zero-order valence-corrected chi connectivity index (χ0v) is 15.2. The molecule has 1 fully saturated rings. The maximum absolute atomic E-state index is 12.4. The Labute approximate surface area is 146 Å². The number of nitrogens with zero attached hydrogens (tertiary/aromatic N) is 1. The van der Waals surface area contributed by atoms with Gasteiger partial charge >= 0.3 is 0 Å². The first kappa shape index (κ1) is 18.9. The standard InChI is InChI=1S/C20H32N2O2/c1-3-5-7-17(4-2)15-21-20(23)19-9-6-8-18(14-19)16-22-10-12-24-13-11-22/h6,8-9,14,17H,3-5,7,10-13,15-16H2,1-2H3,(H,21,23)/t17-/m0/s1. The molecule has 1 aliphatic rings. The third-order valence-electron chi connectivity index (χ3n) is 4.79. The molecule has 0 spiro atoms. The highest BCUT2D eigenvalue weighted by Crippen LogP contribution is 2.13. The van der Waals surface area contributed by atoms with Crippen molar-refractivity contribution in [3.8, 4) is 0 Å². The van der Waals surface area contributed by atoms with Gasteiger partial charge in [0.1, 0.15) is 0 Å². The average Bonchev–Trinajstić information content (AvgIpc) is 2.63. The van der Waals surface area contributed by atoms with Crippen LogP contribution in [0.4, 0.5) is 0 Å². The van der Waals surface area contributed by atoms with Crippen LogP contribution in [0.1, 0.15) is 55.5 Å². The van der Waals surface area contributed by atoms with E-state index in [2.05, 4.69) is 30.1 Å². The van der Waals surface area contributed by atoms with Crippen molar-refractivity contribution in [1.82, 2.24) is 10.2 Å². The Hall–Kier alpha value is -1.39. The Balaban J connectivity index is 1.86. The van der Waals surface area contributed by atoms with Gasteiger partial charge in [0.2, 0.25) is 0 Å². The Morgan fingerprint density at radius 1 is 1.29 bits per heavy atom. The second-order valence-electron chi connectivity index (χ2n) is 6.72. The zero-order valence-electron chi connectivity index (χ0n) is 15.2. The van der Waals surface area contributed by atoms with Gasteiger partial charge in [0, 0.05) is 31.7 Å². The van der Waals surface area contributed by atoms with Crippen LogP contribution in [0.25, 0.3) is 0 Å². The van der Waals surface area contributed by atoms with Crippen molar-refractivity contribution >= 4 is 5.91 Å². The lowest BCUT2D eigenvalue weighted by molar-refractivity contribution is 0.0342. The average molecular weight is 332 g/mol. The van der Waals surface area contributed by atoms with E-state index in [-0.39, 0.29) is 5.91 Å². The summed E-state index contributed by atoms with van der Waals surface area (Å²) < 4.78 is 5.39. The Kier molecular flexibility index (Phi) is 8.26. The predicted molar refractivity (Wildman–Crippen MR) is 98.2 cm³/mol. The first-order valence-corrected chi connectivity index (χ1v) is 9.40. The number of rotatable bonds is 9. The van der Waals surface area contributed by atoms with E-state index in [1.807, 2.05) is 18.2 Å². The van der Waals surface area contributed by atoms with Gasteiger partial charge in [0.25, 0.3) is 5.91 Å². The molecule has 134 valence electrons. The van der Waals surface area contributed by atoms with Crippen LogP contribution in [-0.4, -0.2) is 43.7 Å². The van der Waals surface area contributed by atoms with Crippen molar-refractivity contribution in [3.63, 3.8) is 0 Å². The maximum atomic E-state index is 12.4. The number of hydrogen-bond donors (Lipinski definition) is 1. The minimum atomic E-state index is 0.0498. The molecule has 1 aliphatic heterocycles. The van der Waals surface area contributed by atoms with Gasteiger partial charge in [-0.25, -0.2) is 0 Å². The third kappa shape index (κ3) is 6.25. The number of carbonyl (C=O) groups is 1. The van der Waals surface area contributed by atoms with E-state index in [0.717, 1.165) is 51.4 Å². The summed E-state index contributed by atoms with van der Waals surface area (Å²) in [6, 6.07) is 8.02. The lowest BCUT2D eigenvalue weighted by atomic mass is 9.99. The summed E-state index contributed by atoms with van der Waals surface area (Å²) in [5, 5.41) is 3.12. The van der Waals surface area contributed by atoms with Gasteiger partial charge in [-0.15, -0.1) is 0 Å². The highest BCUT2D eigenvalue weighted by Gasteiger charge is 2.13. The lowest BCUT2D eigenvalue weighted by Crippen LogP contribution is -2.35. The quantitative estimate of drug-likeness (QED) is 0.753. The van der Waals surface area contributed by atoms with Crippen LogP contribution in [-0.2, 0) is 11.3 Å². The molecule has 1 aromatic carbocycles. The number of amides is 1. The molecule has 1 atom stereocenters. The molecule has 1 saturated heterocycles. The van der Waals surface area contributed by atoms with Gasteiger partial charge in [0.05, 0.1) is 13.2 Å². The fourth-order valence-electron chi connectivity index (χ4n) is 3.11. The van der Waals surface area contributed by atoms with Gasteiger partial charge in [-0.2, -0.15) is 0 Å². The summed E-state index contributed by atoms with van der Waals surface area (Å²) >= 11 is 0. The van der Waals surface area contributed by atoms with Crippen molar-refractivity contribution < 1.29 is 9.53 Å². The van der Waals surface area contributed by atoms with Gasteiger partial charge in [-0.3, -0.25) is 9.69 Å². The molecule has 0 aromatic heterocycles. The van der Waals surface area contributed by atoms with Crippen molar-refractivity contribution in [2.45, 2.75) is 46.1 Å². The third-order valence-corrected chi connectivity index (χ3v) is 4.79. The molecule has 0 saturated carbocycles. The van der Waals surface area contributed by atoms with Gasteiger partial charge in [-0.1, -0.05) is 45.2 Å². The predicted octanol–water partition coefficient (Wildman–Crippen LogP) is 3.47. The Morgan fingerprint density at radius 3 is 2.79 bits per heavy atom. The molecule has 1 aromatic rings. The number of carbonyl (C=O) groups excluding carboxylic acids is 1. The number of nitrogens with one attached hydrogen (secondary N) is 1. The Bertz CT molecular complexity index is 498. The number of benzene rings is 1. The molecular formula is C20H32N2O2. The van der Waals surface area contributed by atoms with Crippen LogP contribution < -0.4 is 5.32 Å². The lowest BCUT2D eigenvalue weighted by Gasteiger charge is -2.26. The molecule has 0 radical (unpaired) electrons. The molecule has 1 heterocycles. The van der Waals surface area contributed by atoms with E-state index < -0.39 is 0 Å². The van der Waals surface area contributed by atoms with E-state index in [4.69, 9.17) is 4.74 Å². The fraction of sp³-hybridized carbons (Fsp3) is 0.650. The summed E-state index contributed by atoms with van der Waals surface area (Å²) in [5.74, 6) is 0.638. The second kappa shape index (κ2) is 10.5. The van der Waals surface area contributed by atoms with E-state index in [1.54, 1.807) is 0 Å². The molecule has 0 aliphatic carbocycles. The first-order valence-electron chi connectivity index (χ1n) is 9.40. The molecule has 1 amide bonds. The van der Waals surface area contributed by atoms with Crippen molar-refractivity contribution in [2.75, 3.05) is 32.8 Å². The van der Waals surface area contributed by atoms with E-state index in [0.29, 0.717) is 5.92 Å². The van der Waals surface area contributed by atoms with Gasteiger partial charge in [-0.05, 0) is 30.0 Å². The van der Waals surface area contributed by atoms with Crippen molar-refractivity contribution in [1.29, 1.82) is 0 Å². The molecular weight excluding hydrogens is 300 g/mol. The monoisotopic (exact) mass is 332 g/mol. The molecule has 0 bridgehead atoms. The van der Waals surface area contributed by atoms with E-state index >= 15 is 0 Å². The molecule has 1 N–H and O–H groups in total. The minimum Gasteiger partial charge on any atom is -0.379 e. The van der Waals surface area contributed by atoms with Gasteiger partial charge in [0.15, 0.2) is 0 Å². The summed E-state index contributed by atoms with van der Waals surface area (Å²) in [4.78, 5) is 14.8. The SMILES string of the molecule is CCCC[C@H](CC)CNC(=O)c1cccc(CN2CCOCC2)c1. The molecule has 4 heteroatoms. The largest absolute Gasteiger partial charge is 0.379 e. The van der Waals surface area contributed by atoms with Crippen LogP contribution in [0.5, 0.6) is 0 Å². The summed E-state index contributed by atoms with van der Waals surface area (Å²) in [6.07, 6.45) is 4.78. The molecule has 0 unspecified atom stereocenters. The second-order valence-corrected chi connectivity index (χ2v) is 6.72. The normalized spacial score (nSPS) is 16.8. The van der Waals surface area contributed by atoms with E-state index in [9.17, 15) is 4.79 Å². The number of unbranched alkanes of at least 4 members (excludes halogenated alkanes) is 1. The van der Waals surface area contributed by atoms with Crippen LogP contribution in [0, 0.1) is 5.92 Å². The number of hydrogen-bond acceptors (Lipinski definition) is 3. The highest BCUT2D eigenvalue weighted by atomic mass is 16.5. The molecule has 4 nitrogen and oxygen atoms in total. The fourth-order valence-corrected chi connectivity index (χ4v) is 3.11. The zero-order chi connectivity index (χ0) is 17.2. The van der Waals surface area contributed by atoms with Crippen molar-refractivity contribution in [3.05, 3.63) is 35.4 Å². The maximum Gasteiger partial charge on any atom is 0.251 e. The van der Waals surface area contributed by atoms with Crippen molar-refractivity contribution in [2.24, 2.45) is 5.92 Å². The summed E-state index contributed by atoms with van der Waals surface area (Å²) in [7, 11) is 0. The summed E-state index contributed by atoms with van der Waals surface area (Å²) in [5.41, 5.74) is 1.97. The van der Waals surface area contributed by atoms with Crippen LogP contribution >= 0.6 is 0 Å². The number of ether oxygens (including phenoxy) is 1. The van der Waals surface area contributed by atoms with Crippen LogP contribution in [0.2, 0.25) is 0 Å².